The molecule has 0 radical (unpaired) electrons. The molecule has 0 aliphatic rings. The van der Waals surface area contributed by atoms with Gasteiger partial charge in [-0.25, -0.2) is 0 Å². The average Bonchev–Trinajstić information content (AvgIpc) is 2.67. The maximum atomic E-state index is 11.2. The maximum Gasteiger partial charge on any atom is 0.323 e. The molecule has 0 saturated carbocycles. The molecule has 0 spiro atoms. The summed E-state index contributed by atoms with van der Waals surface area (Å²) in [6, 6.07) is 3.05. The number of aliphatic hydroxyl groups excluding tert-OH is 1. The molecule has 0 bridgehead atoms. The third-order valence-electron chi connectivity index (χ3n) is 1.68. The molecule has 0 unspecified atom stereocenters. The Morgan fingerprint density at radius 1 is 1.71 bits per heavy atom. The Bertz CT molecular complexity index is 274. The molecule has 5 heteroatoms. The van der Waals surface area contributed by atoms with Crippen molar-refractivity contribution in [2.75, 3.05) is 6.61 Å². The highest BCUT2D eigenvalue weighted by molar-refractivity contribution is 7.09. The topological polar surface area (TPSA) is 72.5 Å². The lowest BCUT2D eigenvalue weighted by molar-refractivity contribution is -0.146. The van der Waals surface area contributed by atoms with Gasteiger partial charge in [-0.05, 0) is 17.9 Å². The zero-order valence-corrected chi connectivity index (χ0v) is 8.50. The molecule has 1 heterocycles. The minimum atomic E-state index is -0.722. The van der Waals surface area contributed by atoms with E-state index >= 15 is 0 Å². The van der Waals surface area contributed by atoms with Crippen molar-refractivity contribution in [2.45, 2.75) is 19.1 Å². The quantitative estimate of drug-likeness (QED) is 0.702. The standard InChI is InChI=1S/C9H13NO3S/c10-8(3-4-11)9(12)13-6-7-2-1-5-14-7/h1-2,5,8,11H,3-4,6,10H2/t8-/m0/s1. The Labute approximate surface area is 86.3 Å². The van der Waals surface area contributed by atoms with Crippen LogP contribution in [0.25, 0.3) is 0 Å². The molecule has 78 valence electrons. The molecule has 0 aliphatic carbocycles. The average molecular weight is 215 g/mol. The van der Waals surface area contributed by atoms with Crippen LogP contribution in [0.4, 0.5) is 0 Å². The minimum absolute atomic E-state index is 0.102. The molecule has 1 atom stereocenters. The van der Waals surface area contributed by atoms with Crippen LogP contribution in [-0.4, -0.2) is 23.7 Å². The first-order chi connectivity index (χ1) is 6.74. The second-order valence-electron chi connectivity index (χ2n) is 2.81. The fraction of sp³-hybridized carbons (Fsp3) is 0.444. The Morgan fingerprint density at radius 2 is 2.50 bits per heavy atom. The molecule has 1 rings (SSSR count). The van der Waals surface area contributed by atoms with Crippen LogP contribution < -0.4 is 5.73 Å². The van der Waals surface area contributed by atoms with Gasteiger partial charge in [-0.15, -0.1) is 11.3 Å². The Hall–Kier alpha value is -0.910. The van der Waals surface area contributed by atoms with Gasteiger partial charge in [-0.3, -0.25) is 4.79 Å². The van der Waals surface area contributed by atoms with Crippen LogP contribution in [0, 0.1) is 0 Å². The molecular weight excluding hydrogens is 202 g/mol. The van der Waals surface area contributed by atoms with Gasteiger partial charge in [0.2, 0.25) is 0 Å². The number of carbonyl (C=O) groups excluding carboxylic acids is 1. The van der Waals surface area contributed by atoms with Crippen LogP contribution in [0.2, 0.25) is 0 Å². The highest BCUT2D eigenvalue weighted by Crippen LogP contribution is 2.10. The van der Waals surface area contributed by atoms with Crippen molar-refractivity contribution in [3.8, 4) is 0 Å². The zero-order chi connectivity index (χ0) is 10.4. The molecule has 14 heavy (non-hydrogen) atoms. The molecule has 1 aromatic heterocycles. The number of hydrogen-bond acceptors (Lipinski definition) is 5. The van der Waals surface area contributed by atoms with E-state index < -0.39 is 12.0 Å². The summed E-state index contributed by atoms with van der Waals surface area (Å²) in [4.78, 5) is 12.2. The van der Waals surface area contributed by atoms with Crippen molar-refractivity contribution in [3.05, 3.63) is 22.4 Å². The first-order valence-electron chi connectivity index (χ1n) is 4.29. The van der Waals surface area contributed by atoms with E-state index in [1.807, 2.05) is 17.5 Å². The van der Waals surface area contributed by atoms with Crippen molar-refractivity contribution in [3.63, 3.8) is 0 Å². The lowest BCUT2D eigenvalue weighted by Gasteiger charge is -2.08. The van der Waals surface area contributed by atoms with Crippen LogP contribution in [-0.2, 0) is 16.1 Å². The number of esters is 1. The van der Waals surface area contributed by atoms with E-state index in [9.17, 15) is 4.79 Å². The summed E-state index contributed by atoms with van der Waals surface area (Å²) in [5, 5.41) is 10.5. The van der Waals surface area contributed by atoms with Gasteiger partial charge in [0.15, 0.2) is 0 Å². The van der Waals surface area contributed by atoms with E-state index in [0.717, 1.165) is 4.88 Å². The molecular formula is C9H13NO3S. The largest absolute Gasteiger partial charge is 0.459 e. The van der Waals surface area contributed by atoms with Crippen LogP contribution in [0.15, 0.2) is 17.5 Å². The van der Waals surface area contributed by atoms with Crippen LogP contribution >= 0.6 is 11.3 Å². The number of rotatable bonds is 5. The summed E-state index contributed by atoms with van der Waals surface area (Å²) in [5.41, 5.74) is 5.44. The molecule has 4 nitrogen and oxygen atoms in total. The molecule has 3 N–H and O–H groups in total. The summed E-state index contributed by atoms with van der Waals surface area (Å²) in [7, 11) is 0. The molecule has 0 amide bonds. The van der Waals surface area contributed by atoms with E-state index in [-0.39, 0.29) is 19.6 Å². The van der Waals surface area contributed by atoms with E-state index in [2.05, 4.69) is 0 Å². The molecule has 0 fully saturated rings. The van der Waals surface area contributed by atoms with Gasteiger partial charge in [0.25, 0.3) is 0 Å². The smallest absolute Gasteiger partial charge is 0.323 e. The van der Waals surface area contributed by atoms with E-state index in [1.54, 1.807) is 0 Å². The van der Waals surface area contributed by atoms with E-state index in [0.29, 0.717) is 0 Å². The molecule has 0 aliphatic heterocycles. The fourth-order valence-corrected chi connectivity index (χ4v) is 1.52. The summed E-state index contributed by atoms with van der Waals surface area (Å²) in [6.45, 7) is 0.158. The summed E-state index contributed by atoms with van der Waals surface area (Å²) >= 11 is 1.52. The van der Waals surface area contributed by atoms with Gasteiger partial charge >= 0.3 is 5.97 Å². The highest BCUT2D eigenvalue weighted by atomic mass is 32.1. The number of thiophene rings is 1. The highest BCUT2D eigenvalue weighted by Gasteiger charge is 2.14. The van der Waals surface area contributed by atoms with Crippen molar-refractivity contribution < 1.29 is 14.6 Å². The molecule has 0 aromatic carbocycles. The SMILES string of the molecule is N[C@@H](CCO)C(=O)OCc1cccs1. The van der Waals surface area contributed by atoms with Gasteiger partial charge in [0.05, 0.1) is 0 Å². The lowest BCUT2D eigenvalue weighted by Crippen LogP contribution is -2.32. The normalized spacial score (nSPS) is 12.4. The van der Waals surface area contributed by atoms with Gasteiger partial charge < -0.3 is 15.6 Å². The molecule has 0 saturated heterocycles. The van der Waals surface area contributed by atoms with E-state index in [1.165, 1.54) is 11.3 Å². The summed E-state index contributed by atoms with van der Waals surface area (Å²) < 4.78 is 4.94. The summed E-state index contributed by atoms with van der Waals surface area (Å²) in [5.74, 6) is -0.465. The Kier molecular flexibility index (Phi) is 4.58. The number of nitrogens with two attached hydrogens (primary N) is 1. The van der Waals surface area contributed by atoms with Crippen molar-refractivity contribution in [1.29, 1.82) is 0 Å². The first kappa shape index (κ1) is 11.2. The van der Waals surface area contributed by atoms with Crippen LogP contribution in [0.5, 0.6) is 0 Å². The van der Waals surface area contributed by atoms with Gasteiger partial charge in [-0.1, -0.05) is 6.07 Å². The monoisotopic (exact) mass is 215 g/mol. The van der Waals surface area contributed by atoms with Crippen molar-refractivity contribution in [1.82, 2.24) is 0 Å². The second kappa shape index (κ2) is 5.74. The minimum Gasteiger partial charge on any atom is -0.459 e. The van der Waals surface area contributed by atoms with Gasteiger partial charge in [0.1, 0.15) is 12.6 Å². The zero-order valence-electron chi connectivity index (χ0n) is 7.68. The van der Waals surface area contributed by atoms with E-state index in [4.69, 9.17) is 15.6 Å². The van der Waals surface area contributed by atoms with Crippen molar-refractivity contribution >= 4 is 17.3 Å². The van der Waals surface area contributed by atoms with Crippen LogP contribution in [0.3, 0.4) is 0 Å². The number of hydrogen-bond donors (Lipinski definition) is 2. The lowest BCUT2D eigenvalue weighted by atomic mass is 10.2. The number of aliphatic hydroxyl groups is 1. The Balaban J connectivity index is 2.27. The number of ether oxygens (including phenoxy) is 1. The Morgan fingerprint density at radius 3 is 3.07 bits per heavy atom. The third-order valence-corrected chi connectivity index (χ3v) is 2.53. The fourth-order valence-electron chi connectivity index (χ4n) is 0.901. The van der Waals surface area contributed by atoms with Gasteiger partial charge in [-0.2, -0.15) is 0 Å². The first-order valence-corrected chi connectivity index (χ1v) is 5.17. The maximum absolute atomic E-state index is 11.2. The predicted octanol–water partition coefficient (Wildman–Crippen LogP) is 0.501. The van der Waals surface area contributed by atoms with Gasteiger partial charge in [0, 0.05) is 11.5 Å². The van der Waals surface area contributed by atoms with Crippen molar-refractivity contribution in [2.24, 2.45) is 5.73 Å². The summed E-state index contributed by atoms with van der Waals surface area (Å²) in [6.07, 6.45) is 0.239. The van der Waals surface area contributed by atoms with Crippen LogP contribution in [0.1, 0.15) is 11.3 Å². The third kappa shape index (κ3) is 3.45. The predicted molar refractivity (Wildman–Crippen MR) is 53.8 cm³/mol. The number of carbonyl (C=O) groups is 1. The molecule has 1 aromatic rings. The second-order valence-corrected chi connectivity index (χ2v) is 3.84.